The molecule has 0 bridgehead atoms. The number of para-hydroxylation sites is 1. The lowest BCUT2D eigenvalue weighted by Crippen LogP contribution is -2.42. The van der Waals surface area contributed by atoms with E-state index in [-0.39, 0.29) is 29.6 Å². The Labute approximate surface area is 170 Å². The summed E-state index contributed by atoms with van der Waals surface area (Å²) in [5.74, 6) is 1.05. The zero-order valence-electron chi connectivity index (χ0n) is 15.7. The number of hydrogen-bond acceptors (Lipinski definition) is 5. The molecule has 1 N–H and O–H groups in total. The number of nitro benzene ring substituents is 1. The first-order valence-corrected chi connectivity index (χ1v) is 9.03. The maximum atomic E-state index is 13.1. The van der Waals surface area contributed by atoms with Crippen molar-refractivity contribution in [2.75, 3.05) is 26.7 Å². The molecule has 1 aliphatic heterocycles. The van der Waals surface area contributed by atoms with Gasteiger partial charge in [-0.2, -0.15) is 0 Å². The lowest BCUT2D eigenvalue weighted by molar-refractivity contribution is -0.384. The van der Waals surface area contributed by atoms with Crippen LogP contribution in [0.1, 0.15) is 23.2 Å². The Morgan fingerprint density at radius 2 is 2.04 bits per heavy atom. The molecule has 3 rings (SSSR count). The van der Waals surface area contributed by atoms with E-state index in [0.29, 0.717) is 30.5 Å². The Bertz CT molecular complexity index is 814. The number of hydrogen-bond donors (Lipinski definition) is 1. The average Bonchev–Trinajstić information content (AvgIpc) is 2.69. The molecule has 7 nitrogen and oxygen atoms in total. The van der Waals surface area contributed by atoms with Gasteiger partial charge >= 0.3 is 0 Å². The summed E-state index contributed by atoms with van der Waals surface area (Å²) in [5, 5.41) is 14.3. The molecule has 1 amide bonds. The van der Waals surface area contributed by atoms with Gasteiger partial charge in [0.2, 0.25) is 0 Å². The van der Waals surface area contributed by atoms with E-state index in [1.165, 1.54) is 18.2 Å². The molecular formula is C20H24ClN3O4. The van der Waals surface area contributed by atoms with Gasteiger partial charge in [0.05, 0.1) is 10.5 Å². The van der Waals surface area contributed by atoms with Crippen LogP contribution in [0.25, 0.3) is 0 Å². The van der Waals surface area contributed by atoms with E-state index >= 15 is 0 Å². The van der Waals surface area contributed by atoms with Crippen molar-refractivity contribution < 1.29 is 14.5 Å². The molecule has 8 heteroatoms. The fraction of sp³-hybridized carbons (Fsp3) is 0.350. The second-order valence-electron chi connectivity index (χ2n) is 6.67. The highest BCUT2D eigenvalue weighted by molar-refractivity contribution is 5.97. The zero-order chi connectivity index (χ0) is 19.2. The number of amides is 1. The second kappa shape index (κ2) is 10.1. The number of benzene rings is 2. The Morgan fingerprint density at radius 1 is 1.29 bits per heavy atom. The number of nitro groups is 1. The molecule has 1 heterocycles. The highest BCUT2D eigenvalue weighted by Gasteiger charge is 2.27. The molecule has 150 valence electrons. The molecule has 0 aliphatic carbocycles. The van der Waals surface area contributed by atoms with Crippen molar-refractivity contribution in [3.63, 3.8) is 0 Å². The SMILES string of the molecule is CNCC1CCCN(C(=O)c2cc([N+](=O)[O-])ccc2Oc2ccccc2)C1.Cl. The van der Waals surface area contributed by atoms with Gasteiger partial charge in [-0.05, 0) is 50.6 Å². The minimum Gasteiger partial charge on any atom is -0.457 e. The van der Waals surface area contributed by atoms with E-state index in [1.807, 2.05) is 25.2 Å². The van der Waals surface area contributed by atoms with Crippen LogP contribution >= 0.6 is 12.4 Å². The first kappa shape index (κ1) is 21.7. The van der Waals surface area contributed by atoms with Crippen LogP contribution in [0.3, 0.4) is 0 Å². The van der Waals surface area contributed by atoms with E-state index < -0.39 is 4.92 Å². The van der Waals surface area contributed by atoms with Crippen LogP contribution in [0.15, 0.2) is 48.5 Å². The number of carbonyl (C=O) groups excluding carboxylic acids is 1. The van der Waals surface area contributed by atoms with Gasteiger partial charge in [-0.1, -0.05) is 18.2 Å². The molecule has 28 heavy (non-hydrogen) atoms. The molecule has 0 aromatic heterocycles. The molecule has 2 aromatic rings. The van der Waals surface area contributed by atoms with Crippen LogP contribution in [0.5, 0.6) is 11.5 Å². The number of piperidine rings is 1. The second-order valence-corrected chi connectivity index (χ2v) is 6.67. The van der Waals surface area contributed by atoms with E-state index in [1.54, 1.807) is 17.0 Å². The van der Waals surface area contributed by atoms with Gasteiger partial charge in [-0.3, -0.25) is 14.9 Å². The highest BCUT2D eigenvalue weighted by atomic mass is 35.5. The smallest absolute Gasteiger partial charge is 0.270 e. The van der Waals surface area contributed by atoms with Gasteiger partial charge in [-0.25, -0.2) is 0 Å². The lowest BCUT2D eigenvalue weighted by atomic mass is 9.97. The van der Waals surface area contributed by atoms with Crippen LogP contribution in [-0.4, -0.2) is 42.4 Å². The maximum absolute atomic E-state index is 13.1. The van der Waals surface area contributed by atoms with E-state index in [2.05, 4.69) is 5.32 Å². The molecule has 1 unspecified atom stereocenters. The van der Waals surface area contributed by atoms with Crippen LogP contribution in [-0.2, 0) is 0 Å². The highest BCUT2D eigenvalue weighted by Crippen LogP contribution is 2.30. The van der Waals surface area contributed by atoms with Gasteiger partial charge in [0.1, 0.15) is 11.5 Å². The minimum atomic E-state index is -0.497. The van der Waals surface area contributed by atoms with Crippen LogP contribution in [0, 0.1) is 16.0 Å². The molecule has 1 saturated heterocycles. The van der Waals surface area contributed by atoms with Crippen molar-refractivity contribution in [1.29, 1.82) is 0 Å². The predicted octanol–water partition coefficient (Wildman–Crippen LogP) is 3.88. The standard InChI is InChI=1S/C20H23N3O4.ClH/c1-21-13-15-6-5-11-22(14-15)20(24)18-12-16(23(25)26)9-10-19(18)27-17-7-3-2-4-8-17;/h2-4,7-10,12,15,21H,5-6,11,13-14H2,1H3;1H. The maximum Gasteiger partial charge on any atom is 0.270 e. The lowest BCUT2D eigenvalue weighted by Gasteiger charge is -2.33. The fourth-order valence-corrected chi connectivity index (χ4v) is 3.38. The van der Waals surface area contributed by atoms with Crippen molar-refractivity contribution in [3.05, 3.63) is 64.2 Å². The van der Waals surface area contributed by atoms with Gasteiger partial charge in [0, 0.05) is 25.2 Å². The van der Waals surface area contributed by atoms with Crippen molar-refractivity contribution >= 4 is 24.0 Å². The molecular weight excluding hydrogens is 382 g/mol. The summed E-state index contributed by atoms with van der Waals surface area (Å²) in [5.41, 5.74) is 0.0979. The summed E-state index contributed by atoms with van der Waals surface area (Å²) in [4.78, 5) is 25.6. The summed E-state index contributed by atoms with van der Waals surface area (Å²) in [7, 11) is 1.90. The number of non-ortho nitro benzene ring substituents is 1. The summed E-state index contributed by atoms with van der Waals surface area (Å²) >= 11 is 0. The molecule has 0 radical (unpaired) electrons. The van der Waals surface area contributed by atoms with Crippen molar-refractivity contribution in [2.45, 2.75) is 12.8 Å². The third kappa shape index (κ3) is 5.21. The molecule has 1 aliphatic rings. The minimum absolute atomic E-state index is 0. The third-order valence-electron chi connectivity index (χ3n) is 4.67. The summed E-state index contributed by atoms with van der Waals surface area (Å²) in [6.07, 6.45) is 1.98. The number of nitrogens with zero attached hydrogens (tertiary/aromatic N) is 2. The number of likely N-dealkylation sites (tertiary alicyclic amines) is 1. The van der Waals surface area contributed by atoms with Crippen LogP contribution < -0.4 is 10.1 Å². The summed E-state index contributed by atoms with van der Waals surface area (Å²) in [6.45, 7) is 2.12. The molecule has 2 aromatic carbocycles. The predicted molar refractivity (Wildman–Crippen MR) is 109 cm³/mol. The molecule has 0 spiro atoms. The third-order valence-corrected chi connectivity index (χ3v) is 4.67. The molecule has 1 fully saturated rings. The Morgan fingerprint density at radius 3 is 2.71 bits per heavy atom. The van der Waals surface area contributed by atoms with Crippen LogP contribution in [0.4, 0.5) is 5.69 Å². The van der Waals surface area contributed by atoms with Gasteiger partial charge in [0.15, 0.2) is 0 Å². The number of rotatable bonds is 6. The number of ether oxygens (including phenoxy) is 1. The number of nitrogens with one attached hydrogen (secondary N) is 1. The quantitative estimate of drug-likeness (QED) is 0.582. The zero-order valence-corrected chi connectivity index (χ0v) is 16.5. The number of carbonyl (C=O) groups is 1. The van der Waals surface area contributed by atoms with E-state index in [9.17, 15) is 14.9 Å². The van der Waals surface area contributed by atoms with Crippen molar-refractivity contribution in [2.24, 2.45) is 5.92 Å². The average molecular weight is 406 g/mol. The van der Waals surface area contributed by atoms with Gasteiger partial charge < -0.3 is 15.0 Å². The van der Waals surface area contributed by atoms with Crippen LogP contribution in [0.2, 0.25) is 0 Å². The first-order chi connectivity index (χ1) is 13.1. The summed E-state index contributed by atoms with van der Waals surface area (Å²) < 4.78 is 5.85. The van der Waals surface area contributed by atoms with Gasteiger partial charge in [0.25, 0.3) is 11.6 Å². The van der Waals surface area contributed by atoms with E-state index in [4.69, 9.17) is 4.74 Å². The monoisotopic (exact) mass is 405 g/mol. The molecule has 0 saturated carbocycles. The number of halogens is 1. The fourth-order valence-electron chi connectivity index (χ4n) is 3.38. The first-order valence-electron chi connectivity index (χ1n) is 9.03. The largest absolute Gasteiger partial charge is 0.457 e. The summed E-state index contributed by atoms with van der Waals surface area (Å²) in [6, 6.07) is 13.2. The van der Waals surface area contributed by atoms with E-state index in [0.717, 1.165) is 19.4 Å². The topological polar surface area (TPSA) is 84.7 Å². The van der Waals surface area contributed by atoms with Crippen molar-refractivity contribution in [3.8, 4) is 11.5 Å². The molecule has 1 atom stereocenters. The Balaban J connectivity index is 0.00000280. The Kier molecular flexibility index (Phi) is 7.78. The normalized spacial score (nSPS) is 16.2. The van der Waals surface area contributed by atoms with Crippen molar-refractivity contribution in [1.82, 2.24) is 10.2 Å². The van der Waals surface area contributed by atoms with Gasteiger partial charge in [-0.15, -0.1) is 12.4 Å². The Hall–Kier alpha value is -2.64.